The first-order chi connectivity index (χ1) is 13.3. The molecule has 1 saturated carbocycles. The zero-order valence-electron chi connectivity index (χ0n) is 16.9. The van der Waals surface area contributed by atoms with Crippen LogP contribution in [-0.2, 0) is 20.7 Å². The molecule has 1 heterocycles. The summed E-state index contributed by atoms with van der Waals surface area (Å²) in [6.07, 6.45) is 6.13. The van der Waals surface area contributed by atoms with Crippen LogP contribution in [0.5, 0.6) is 0 Å². The average molecular weight is 387 g/mol. The van der Waals surface area contributed by atoms with E-state index in [-0.39, 0.29) is 23.9 Å². The first kappa shape index (κ1) is 21.7. The molecule has 152 valence electrons. The van der Waals surface area contributed by atoms with Gasteiger partial charge in [0.25, 0.3) is 11.5 Å². The molecule has 1 aromatic heterocycles. The van der Waals surface area contributed by atoms with Gasteiger partial charge in [-0.2, -0.15) is 5.26 Å². The molecule has 0 aromatic carbocycles. The van der Waals surface area contributed by atoms with Crippen molar-refractivity contribution in [1.29, 1.82) is 5.26 Å². The third-order valence-electron chi connectivity index (χ3n) is 5.38. The summed E-state index contributed by atoms with van der Waals surface area (Å²) in [7, 11) is 0. The number of esters is 1. The van der Waals surface area contributed by atoms with Crippen LogP contribution in [0.1, 0.15) is 74.3 Å². The Morgan fingerprint density at radius 3 is 2.50 bits per heavy atom. The Kier molecular flexibility index (Phi) is 7.80. The van der Waals surface area contributed by atoms with Crippen LogP contribution in [0.3, 0.4) is 0 Å². The second-order valence-corrected chi connectivity index (χ2v) is 7.50. The van der Waals surface area contributed by atoms with Gasteiger partial charge in [-0.25, -0.2) is 0 Å². The number of nitrogens with one attached hydrogen (secondary N) is 2. The number of hydrogen-bond donors (Lipinski definition) is 2. The molecule has 28 heavy (non-hydrogen) atoms. The van der Waals surface area contributed by atoms with Crippen molar-refractivity contribution in [2.24, 2.45) is 0 Å². The van der Waals surface area contributed by atoms with Gasteiger partial charge in [0.1, 0.15) is 11.6 Å². The van der Waals surface area contributed by atoms with Gasteiger partial charge in [-0.1, -0.05) is 25.7 Å². The topological polar surface area (TPSA) is 112 Å². The van der Waals surface area contributed by atoms with Gasteiger partial charge in [0.05, 0.1) is 0 Å². The fourth-order valence-corrected chi connectivity index (χ4v) is 3.70. The van der Waals surface area contributed by atoms with Crippen molar-refractivity contribution in [2.75, 3.05) is 0 Å². The zero-order chi connectivity index (χ0) is 20.7. The quantitative estimate of drug-likeness (QED) is 0.575. The first-order valence-electron chi connectivity index (χ1n) is 9.95. The Labute approximate surface area is 165 Å². The number of aromatic nitrogens is 1. The predicted molar refractivity (Wildman–Crippen MR) is 105 cm³/mol. The number of nitriles is 1. The Morgan fingerprint density at radius 2 is 1.89 bits per heavy atom. The monoisotopic (exact) mass is 387 g/mol. The van der Waals surface area contributed by atoms with Crippen molar-refractivity contribution < 1.29 is 14.3 Å². The molecule has 2 N–H and O–H groups in total. The van der Waals surface area contributed by atoms with Gasteiger partial charge in [0, 0.05) is 18.2 Å². The minimum absolute atomic E-state index is 0.0603. The summed E-state index contributed by atoms with van der Waals surface area (Å²) in [5.74, 6) is -0.740. The number of rotatable bonds is 6. The molecule has 0 spiro atoms. The van der Waals surface area contributed by atoms with Crippen molar-refractivity contribution in [1.82, 2.24) is 10.3 Å². The molecule has 0 unspecified atom stereocenters. The van der Waals surface area contributed by atoms with Gasteiger partial charge in [-0.15, -0.1) is 0 Å². The van der Waals surface area contributed by atoms with Gasteiger partial charge in [-0.3, -0.25) is 14.4 Å². The molecular formula is C21H29N3O4. The highest BCUT2D eigenvalue weighted by atomic mass is 16.5. The van der Waals surface area contributed by atoms with Crippen LogP contribution >= 0.6 is 0 Å². The van der Waals surface area contributed by atoms with E-state index in [4.69, 9.17) is 10.00 Å². The lowest BCUT2D eigenvalue weighted by Crippen LogP contribution is -2.41. The molecule has 7 nitrogen and oxygen atoms in total. The summed E-state index contributed by atoms with van der Waals surface area (Å²) in [6.45, 7) is 5.01. The summed E-state index contributed by atoms with van der Waals surface area (Å²) < 4.78 is 5.28. The maximum atomic E-state index is 12.3. The lowest BCUT2D eigenvalue weighted by Gasteiger charge is -2.19. The van der Waals surface area contributed by atoms with E-state index in [2.05, 4.69) is 10.3 Å². The maximum Gasteiger partial charge on any atom is 0.306 e. The van der Waals surface area contributed by atoms with E-state index in [0.29, 0.717) is 17.7 Å². The summed E-state index contributed by atoms with van der Waals surface area (Å²) >= 11 is 0. The van der Waals surface area contributed by atoms with E-state index < -0.39 is 17.6 Å². The van der Waals surface area contributed by atoms with Crippen molar-refractivity contribution in [3.8, 4) is 6.07 Å². The van der Waals surface area contributed by atoms with E-state index in [9.17, 15) is 14.4 Å². The number of pyridine rings is 1. The SMILES string of the molecule is Cc1[nH]c(=O)c(C#N)c(C)c1CCC(=O)O[C@H](C)C(=O)NC1CCCCCC1. The molecule has 1 aromatic rings. The molecule has 0 aliphatic heterocycles. The predicted octanol–water partition coefficient (Wildman–Crippen LogP) is 2.57. The fourth-order valence-electron chi connectivity index (χ4n) is 3.70. The molecule has 1 aliphatic carbocycles. The molecular weight excluding hydrogens is 358 g/mol. The number of aromatic amines is 1. The lowest BCUT2D eigenvalue weighted by atomic mass is 9.99. The third kappa shape index (κ3) is 5.69. The van der Waals surface area contributed by atoms with Crippen molar-refractivity contribution in [3.63, 3.8) is 0 Å². The van der Waals surface area contributed by atoms with Crippen LogP contribution in [0.25, 0.3) is 0 Å². The number of aryl methyl sites for hydroxylation is 1. The van der Waals surface area contributed by atoms with Crippen LogP contribution in [0, 0.1) is 25.2 Å². The maximum absolute atomic E-state index is 12.3. The molecule has 0 radical (unpaired) electrons. The van der Waals surface area contributed by atoms with Crippen LogP contribution in [-0.4, -0.2) is 29.0 Å². The van der Waals surface area contributed by atoms with E-state index in [1.54, 1.807) is 20.8 Å². The van der Waals surface area contributed by atoms with Gasteiger partial charge in [0.2, 0.25) is 0 Å². The van der Waals surface area contributed by atoms with Gasteiger partial charge >= 0.3 is 5.97 Å². The normalized spacial score (nSPS) is 15.9. The Bertz CT molecular complexity index is 814. The second-order valence-electron chi connectivity index (χ2n) is 7.50. The van der Waals surface area contributed by atoms with Crippen LogP contribution in [0.15, 0.2) is 4.79 Å². The third-order valence-corrected chi connectivity index (χ3v) is 5.38. The van der Waals surface area contributed by atoms with E-state index in [0.717, 1.165) is 31.2 Å². The van der Waals surface area contributed by atoms with Crippen molar-refractivity contribution in [3.05, 3.63) is 32.7 Å². The molecule has 1 fully saturated rings. The highest BCUT2D eigenvalue weighted by Crippen LogP contribution is 2.18. The minimum Gasteiger partial charge on any atom is -0.453 e. The number of ether oxygens (including phenoxy) is 1. The van der Waals surface area contributed by atoms with Gasteiger partial charge < -0.3 is 15.0 Å². The fraction of sp³-hybridized carbons (Fsp3) is 0.619. The zero-order valence-corrected chi connectivity index (χ0v) is 16.9. The lowest BCUT2D eigenvalue weighted by molar-refractivity contribution is -0.155. The number of carbonyl (C=O) groups is 2. The Balaban J connectivity index is 1.89. The van der Waals surface area contributed by atoms with Crippen molar-refractivity contribution in [2.45, 2.75) is 84.3 Å². The largest absolute Gasteiger partial charge is 0.453 e. The number of nitrogens with zero attached hydrogens (tertiary/aromatic N) is 1. The first-order valence-corrected chi connectivity index (χ1v) is 9.95. The molecule has 1 amide bonds. The summed E-state index contributed by atoms with van der Waals surface area (Å²) in [4.78, 5) is 38.9. The molecule has 1 aliphatic rings. The number of hydrogen-bond acceptors (Lipinski definition) is 5. The highest BCUT2D eigenvalue weighted by Gasteiger charge is 2.22. The smallest absolute Gasteiger partial charge is 0.306 e. The van der Waals surface area contributed by atoms with Crippen molar-refractivity contribution >= 4 is 11.9 Å². The summed E-state index contributed by atoms with van der Waals surface area (Å²) in [5.41, 5.74) is 1.60. The number of carbonyl (C=O) groups excluding carboxylic acids is 2. The Hall–Kier alpha value is -2.62. The number of H-pyrrole nitrogens is 1. The van der Waals surface area contributed by atoms with Gasteiger partial charge in [0.15, 0.2) is 6.10 Å². The van der Waals surface area contributed by atoms with Gasteiger partial charge in [-0.05, 0) is 51.2 Å². The van der Waals surface area contributed by atoms with E-state index in [1.807, 2.05) is 6.07 Å². The van der Waals surface area contributed by atoms with E-state index in [1.165, 1.54) is 12.8 Å². The molecule has 1 atom stereocenters. The Morgan fingerprint density at radius 1 is 1.25 bits per heavy atom. The number of amides is 1. The minimum atomic E-state index is -0.844. The molecule has 0 saturated heterocycles. The van der Waals surface area contributed by atoms with E-state index >= 15 is 0 Å². The molecule has 2 rings (SSSR count). The highest BCUT2D eigenvalue weighted by molar-refractivity contribution is 5.83. The van der Waals surface area contributed by atoms with Crippen LogP contribution < -0.4 is 10.9 Å². The molecule has 7 heteroatoms. The molecule has 0 bridgehead atoms. The summed E-state index contributed by atoms with van der Waals surface area (Å²) in [6, 6.07) is 2.06. The van der Waals surface area contributed by atoms with Crippen LogP contribution in [0.4, 0.5) is 0 Å². The summed E-state index contributed by atoms with van der Waals surface area (Å²) in [5, 5.41) is 12.1. The average Bonchev–Trinajstić information content (AvgIpc) is 2.90. The second kappa shape index (κ2) is 10.1. The van der Waals surface area contributed by atoms with Crippen LogP contribution in [0.2, 0.25) is 0 Å². The standard InChI is InChI=1S/C21H29N3O4/c1-13-17(14(2)23-21(27)18(13)12-22)10-11-19(25)28-15(3)20(26)24-16-8-6-4-5-7-9-16/h15-16H,4-11H2,1-3H3,(H,23,27)(H,24,26)/t15-/m1/s1.